The first-order valence-electron chi connectivity index (χ1n) is 7.72. The maximum atomic E-state index is 6.40. The standard InChI is InChI=1S/C21H14N2/c22-23-19-11-10-14-6-4-5-9-17(14)21(19)18-12-15-7-2-1-3-8-16(15)13-20(18)23/h3-6,8-13H,7,22H2. The number of hydrogen-bond donors (Lipinski definition) is 1. The maximum Gasteiger partial charge on any atom is 0.0710 e. The highest BCUT2D eigenvalue weighted by Crippen LogP contribution is 2.35. The van der Waals surface area contributed by atoms with Crippen molar-refractivity contribution in [1.29, 1.82) is 0 Å². The highest BCUT2D eigenvalue weighted by Gasteiger charge is 2.14. The number of rotatable bonds is 0. The number of allylic oxidation sites excluding steroid dienone is 1. The zero-order valence-electron chi connectivity index (χ0n) is 12.5. The summed E-state index contributed by atoms with van der Waals surface area (Å²) in [5.41, 5.74) is 4.57. The van der Waals surface area contributed by atoms with Gasteiger partial charge in [0.1, 0.15) is 0 Å². The number of fused-ring (bicyclic) bond motifs is 6. The van der Waals surface area contributed by atoms with Gasteiger partial charge in [0.2, 0.25) is 0 Å². The molecule has 2 nitrogen and oxygen atoms in total. The van der Waals surface area contributed by atoms with Crippen LogP contribution in [0.3, 0.4) is 0 Å². The summed E-state index contributed by atoms with van der Waals surface area (Å²) in [5, 5.41) is 4.91. The molecule has 0 amide bonds. The monoisotopic (exact) mass is 294 g/mol. The van der Waals surface area contributed by atoms with Gasteiger partial charge in [-0.05, 0) is 52.3 Å². The molecule has 0 atom stereocenters. The second-order valence-corrected chi connectivity index (χ2v) is 5.95. The Morgan fingerprint density at radius 2 is 1.87 bits per heavy atom. The van der Waals surface area contributed by atoms with E-state index in [0.717, 1.165) is 17.5 Å². The summed E-state index contributed by atoms with van der Waals surface area (Å²) < 4.78 is 1.80. The van der Waals surface area contributed by atoms with Crippen LogP contribution in [0.15, 0.2) is 54.6 Å². The minimum absolute atomic E-state index is 0.778. The zero-order valence-corrected chi connectivity index (χ0v) is 12.5. The number of nitrogen functional groups attached to an aromatic ring is 1. The molecule has 1 aromatic heterocycles. The van der Waals surface area contributed by atoms with E-state index >= 15 is 0 Å². The molecule has 0 saturated heterocycles. The van der Waals surface area contributed by atoms with Crippen LogP contribution in [0.2, 0.25) is 0 Å². The van der Waals surface area contributed by atoms with Crippen molar-refractivity contribution in [2.45, 2.75) is 6.42 Å². The molecule has 0 aliphatic heterocycles. The van der Waals surface area contributed by atoms with E-state index in [1.165, 1.54) is 32.7 Å². The average molecular weight is 294 g/mol. The highest BCUT2D eigenvalue weighted by atomic mass is 15.3. The van der Waals surface area contributed by atoms with Crippen LogP contribution in [-0.2, 0) is 6.42 Å². The van der Waals surface area contributed by atoms with Crippen LogP contribution < -0.4 is 5.84 Å². The predicted octanol–water partition coefficient (Wildman–Crippen LogP) is 4.23. The highest BCUT2D eigenvalue weighted by molar-refractivity contribution is 6.21. The van der Waals surface area contributed by atoms with Gasteiger partial charge in [0.25, 0.3) is 0 Å². The third-order valence-corrected chi connectivity index (χ3v) is 4.68. The van der Waals surface area contributed by atoms with Crippen LogP contribution >= 0.6 is 0 Å². The molecule has 4 aromatic rings. The van der Waals surface area contributed by atoms with E-state index in [-0.39, 0.29) is 0 Å². The molecule has 0 radical (unpaired) electrons. The Kier molecular flexibility index (Phi) is 2.37. The Bertz CT molecular complexity index is 1200. The first kappa shape index (κ1) is 12.4. The molecule has 0 unspecified atom stereocenters. The van der Waals surface area contributed by atoms with Gasteiger partial charge in [0.15, 0.2) is 0 Å². The van der Waals surface area contributed by atoms with E-state index in [1.807, 2.05) is 6.08 Å². The Balaban J connectivity index is 2.02. The molecule has 0 spiro atoms. The van der Waals surface area contributed by atoms with Crippen molar-refractivity contribution in [2.75, 3.05) is 5.84 Å². The summed E-state index contributed by atoms with van der Waals surface area (Å²) in [6, 6.07) is 17.1. The van der Waals surface area contributed by atoms with Crippen molar-refractivity contribution >= 4 is 38.7 Å². The van der Waals surface area contributed by atoms with Crippen molar-refractivity contribution in [3.63, 3.8) is 0 Å². The molecule has 1 aliphatic carbocycles. The van der Waals surface area contributed by atoms with Gasteiger partial charge >= 0.3 is 0 Å². The molecule has 2 N–H and O–H groups in total. The molecule has 2 heteroatoms. The lowest BCUT2D eigenvalue weighted by Crippen LogP contribution is -2.07. The average Bonchev–Trinajstić information content (AvgIpc) is 2.75. The quantitative estimate of drug-likeness (QED) is 0.382. The van der Waals surface area contributed by atoms with Crippen LogP contribution in [0.1, 0.15) is 11.1 Å². The fraction of sp³-hybridized carbons (Fsp3) is 0.0476. The molecular weight excluding hydrogens is 280 g/mol. The largest absolute Gasteiger partial charge is 0.339 e. The van der Waals surface area contributed by atoms with Crippen LogP contribution in [-0.4, -0.2) is 4.68 Å². The molecule has 0 fully saturated rings. The molecular formula is C21H14N2. The summed E-state index contributed by atoms with van der Waals surface area (Å²) in [6.45, 7) is 0. The van der Waals surface area contributed by atoms with Gasteiger partial charge < -0.3 is 5.84 Å². The zero-order chi connectivity index (χ0) is 15.4. The lowest BCUT2D eigenvalue weighted by molar-refractivity contribution is 1.12. The fourth-order valence-electron chi connectivity index (χ4n) is 3.57. The number of nitrogens with two attached hydrogens (primary N) is 1. The molecule has 0 bridgehead atoms. The SMILES string of the molecule is Nn1c2cc3c(cc2c2c4ccccc4ccc21)CC#CC=C3. The minimum atomic E-state index is 0.778. The second kappa shape index (κ2) is 4.41. The lowest BCUT2D eigenvalue weighted by Gasteiger charge is -2.04. The number of hydrogen-bond acceptors (Lipinski definition) is 1. The Morgan fingerprint density at radius 1 is 0.957 bits per heavy atom. The van der Waals surface area contributed by atoms with Crippen molar-refractivity contribution < 1.29 is 0 Å². The topological polar surface area (TPSA) is 30.9 Å². The number of benzene rings is 3. The maximum absolute atomic E-state index is 6.40. The molecule has 23 heavy (non-hydrogen) atoms. The van der Waals surface area contributed by atoms with E-state index in [0.29, 0.717) is 0 Å². The first-order chi connectivity index (χ1) is 11.3. The normalized spacial score (nSPS) is 13.0. The molecule has 1 aliphatic rings. The van der Waals surface area contributed by atoms with Gasteiger partial charge in [-0.2, -0.15) is 0 Å². The van der Waals surface area contributed by atoms with Gasteiger partial charge in [0, 0.05) is 17.2 Å². The number of nitrogens with zero attached hydrogens (tertiary/aromatic N) is 1. The van der Waals surface area contributed by atoms with Gasteiger partial charge in [-0.15, -0.1) is 0 Å². The van der Waals surface area contributed by atoms with E-state index in [4.69, 9.17) is 5.84 Å². The van der Waals surface area contributed by atoms with Crippen molar-refractivity contribution in [3.05, 3.63) is 65.7 Å². The van der Waals surface area contributed by atoms with E-state index < -0.39 is 0 Å². The molecule has 108 valence electrons. The second-order valence-electron chi connectivity index (χ2n) is 5.95. The molecule has 1 heterocycles. The smallest absolute Gasteiger partial charge is 0.0710 e. The predicted molar refractivity (Wildman–Crippen MR) is 97.6 cm³/mol. The molecule has 3 aromatic carbocycles. The molecule has 0 saturated carbocycles. The van der Waals surface area contributed by atoms with Crippen molar-refractivity contribution in [1.82, 2.24) is 4.68 Å². The summed E-state index contributed by atoms with van der Waals surface area (Å²) in [4.78, 5) is 0. The van der Waals surface area contributed by atoms with Crippen molar-refractivity contribution in [2.24, 2.45) is 0 Å². The van der Waals surface area contributed by atoms with Crippen LogP contribution in [0.4, 0.5) is 0 Å². The lowest BCUT2D eigenvalue weighted by atomic mass is 9.99. The van der Waals surface area contributed by atoms with E-state index in [9.17, 15) is 0 Å². The van der Waals surface area contributed by atoms with Gasteiger partial charge in [-0.25, -0.2) is 0 Å². The number of aromatic nitrogens is 1. The van der Waals surface area contributed by atoms with Gasteiger partial charge in [0.05, 0.1) is 11.0 Å². The Morgan fingerprint density at radius 3 is 2.83 bits per heavy atom. The third-order valence-electron chi connectivity index (χ3n) is 4.68. The summed E-state index contributed by atoms with van der Waals surface area (Å²) in [7, 11) is 0. The van der Waals surface area contributed by atoms with Crippen LogP contribution in [0.25, 0.3) is 38.7 Å². The fourth-order valence-corrected chi connectivity index (χ4v) is 3.57. The van der Waals surface area contributed by atoms with E-state index in [2.05, 4.69) is 66.4 Å². The van der Waals surface area contributed by atoms with Gasteiger partial charge in [-0.1, -0.05) is 42.2 Å². The summed E-state index contributed by atoms with van der Waals surface area (Å²) in [6.07, 6.45) is 4.77. The first-order valence-corrected chi connectivity index (χ1v) is 7.72. The van der Waals surface area contributed by atoms with Crippen LogP contribution in [0, 0.1) is 11.8 Å². The van der Waals surface area contributed by atoms with Crippen LogP contribution in [0.5, 0.6) is 0 Å². The van der Waals surface area contributed by atoms with Crippen molar-refractivity contribution in [3.8, 4) is 11.8 Å². The summed E-state index contributed by atoms with van der Waals surface area (Å²) in [5.74, 6) is 12.6. The summed E-state index contributed by atoms with van der Waals surface area (Å²) >= 11 is 0. The Hall–Kier alpha value is -3.18. The van der Waals surface area contributed by atoms with E-state index in [1.54, 1.807) is 4.68 Å². The minimum Gasteiger partial charge on any atom is -0.339 e. The third kappa shape index (κ3) is 1.65. The van der Waals surface area contributed by atoms with Gasteiger partial charge in [-0.3, -0.25) is 4.68 Å². The molecule has 5 rings (SSSR count). The Labute approximate surface area is 133 Å².